The maximum Gasteiger partial charge on any atom is 0.102 e. The molecule has 0 saturated heterocycles. The fourth-order valence-electron chi connectivity index (χ4n) is 5.89. The van der Waals surface area contributed by atoms with Crippen LogP contribution in [0.3, 0.4) is 0 Å². The molecule has 0 N–H and O–H groups in total. The normalized spacial score (nSPS) is 14.7. The molecule has 0 radical (unpaired) electrons. The highest BCUT2D eigenvalue weighted by Crippen LogP contribution is 2.46. The van der Waals surface area contributed by atoms with E-state index < -0.39 is 0 Å². The van der Waals surface area contributed by atoms with E-state index in [0.717, 1.165) is 22.8 Å². The van der Waals surface area contributed by atoms with Crippen LogP contribution in [0.15, 0.2) is 125 Å². The van der Waals surface area contributed by atoms with Crippen molar-refractivity contribution >= 4 is 11.4 Å². The molecule has 38 heavy (non-hydrogen) atoms. The molecule has 3 heteroatoms. The van der Waals surface area contributed by atoms with Crippen LogP contribution in [0.5, 0.6) is 0 Å². The van der Waals surface area contributed by atoms with Crippen molar-refractivity contribution in [2.75, 3.05) is 0 Å². The number of hydrogen-bond donors (Lipinski definition) is 0. The molecule has 1 heterocycles. The number of benzene rings is 4. The first-order valence-corrected chi connectivity index (χ1v) is 13.1. The second-order valence-corrected chi connectivity index (χ2v) is 9.99. The predicted octanol–water partition coefficient (Wildman–Crippen LogP) is 8.24. The van der Waals surface area contributed by atoms with E-state index in [1.165, 1.54) is 44.5 Å². The minimum Gasteiger partial charge on any atom is -0.275 e. The first-order chi connectivity index (χ1) is 18.7. The van der Waals surface area contributed by atoms with E-state index in [1.54, 1.807) is 0 Å². The summed E-state index contributed by atoms with van der Waals surface area (Å²) in [5.41, 5.74) is 13.7. The molecule has 0 aliphatic heterocycles. The summed E-state index contributed by atoms with van der Waals surface area (Å²) in [6.45, 7) is 4.12. The van der Waals surface area contributed by atoms with Crippen molar-refractivity contribution in [2.24, 2.45) is 9.98 Å². The minimum atomic E-state index is -0.0193. The first kappa shape index (κ1) is 22.6. The highest BCUT2D eigenvalue weighted by Gasteiger charge is 2.29. The van der Waals surface area contributed by atoms with Crippen LogP contribution >= 0.6 is 0 Å². The Hall–Kier alpha value is -4.63. The number of fused-ring (bicyclic) bond motifs is 6. The molecular formula is C35H27N3. The molecule has 4 aromatic carbocycles. The van der Waals surface area contributed by atoms with Crippen LogP contribution in [0.1, 0.15) is 59.6 Å². The van der Waals surface area contributed by atoms with E-state index in [-0.39, 0.29) is 12.1 Å². The standard InChI is InChI=1S/C35H27N3/c1-22(36-34-28-16-7-3-12-24(28)25-13-4-8-17-29(25)34)32-20-11-21-33(38-32)23(2)37-35-30-18-9-5-14-26(30)27-15-6-10-19-31(27)35/h3-21,34-35H,1-2H3/b36-22+,37-23+. The van der Waals surface area contributed by atoms with Gasteiger partial charge in [-0.3, -0.25) is 9.98 Å². The quantitative estimate of drug-likeness (QED) is 0.234. The van der Waals surface area contributed by atoms with Gasteiger partial charge in [0.15, 0.2) is 0 Å². The van der Waals surface area contributed by atoms with Crippen molar-refractivity contribution in [1.29, 1.82) is 0 Å². The molecule has 7 rings (SSSR count). The number of pyridine rings is 1. The molecule has 3 nitrogen and oxygen atoms in total. The van der Waals surface area contributed by atoms with Crippen molar-refractivity contribution in [1.82, 2.24) is 4.98 Å². The Bertz CT molecular complexity index is 1540. The Balaban J connectivity index is 1.24. The van der Waals surface area contributed by atoms with E-state index in [4.69, 9.17) is 15.0 Å². The van der Waals surface area contributed by atoms with Crippen LogP contribution in [-0.4, -0.2) is 16.4 Å². The molecule has 0 atom stereocenters. The van der Waals surface area contributed by atoms with Gasteiger partial charge in [-0.15, -0.1) is 0 Å². The third-order valence-corrected chi connectivity index (χ3v) is 7.74. The van der Waals surface area contributed by atoms with Gasteiger partial charge in [-0.2, -0.15) is 0 Å². The summed E-state index contributed by atoms with van der Waals surface area (Å²) in [4.78, 5) is 15.4. The van der Waals surface area contributed by atoms with Crippen LogP contribution in [0, 0.1) is 0 Å². The zero-order valence-corrected chi connectivity index (χ0v) is 21.5. The highest BCUT2D eigenvalue weighted by atomic mass is 14.9. The summed E-state index contributed by atoms with van der Waals surface area (Å²) >= 11 is 0. The van der Waals surface area contributed by atoms with E-state index in [0.29, 0.717) is 0 Å². The Kier molecular flexibility index (Phi) is 5.36. The SMILES string of the molecule is C/C(=N\C1c2ccccc2-c2ccccc21)c1cccc(/C(C)=N/C2c3ccccc3-c3ccccc32)n1. The number of nitrogens with zero attached hydrogens (tertiary/aromatic N) is 3. The molecule has 182 valence electrons. The van der Waals surface area contributed by atoms with E-state index in [1.807, 2.05) is 12.1 Å². The zero-order valence-electron chi connectivity index (χ0n) is 21.5. The summed E-state index contributed by atoms with van der Waals surface area (Å²) in [5.74, 6) is 0. The molecule has 0 spiro atoms. The fraction of sp³-hybridized carbons (Fsp3) is 0.114. The van der Waals surface area contributed by atoms with Gasteiger partial charge in [0.05, 0.1) is 22.8 Å². The molecule has 2 aliphatic carbocycles. The molecule has 0 fully saturated rings. The number of hydrogen-bond acceptors (Lipinski definition) is 3. The number of aliphatic imine (C=N–C) groups is 2. The van der Waals surface area contributed by atoms with Crippen molar-refractivity contribution in [2.45, 2.75) is 25.9 Å². The summed E-state index contributed by atoms with van der Waals surface area (Å²) in [6, 6.07) is 40.4. The molecule has 1 aromatic heterocycles. The maximum atomic E-state index is 5.21. The van der Waals surface area contributed by atoms with E-state index in [2.05, 4.69) is 117 Å². The summed E-state index contributed by atoms with van der Waals surface area (Å²) in [5, 5.41) is 0. The van der Waals surface area contributed by atoms with Crippen molar-refractivity contribution in [3.63, 3.8) is 0 Å². The lowest BCUT2D eigenvalue weighted by atomic mass is 10.1. The number of rotatable bonds is 4. The molecule has 0 amide bonds. The molecule has 0 unspecified atom stereocenters. The average Bonchev–Trinajstić information content (AvgIpc) is 3.46. The lowest BCUT2D eigenvalue weighted by Gasteiger charge is -2.12. The van der Waals surface area contributed by atoms with Crippen LogP contribution in [0.25, 0.3) is 22.3 Å². The molecular weight excluding hydrogens is 462 g/mol. The third kappa shape index (κ3) is 3.62. The molecule has 2 aliphatic rings. The molecule has 0 saturated carbocycles. The number of aromatic nitrogens is 1. The second-order valence-electron chi connectivity index (χ2n) is 9.99. The lowest BCUT2D eigenvalue weighted by Crippen LogP contribution is -2.08. The Labute approximate surface area is 223 Å². The van der Waals surface area contributed by atoms with Gasteiger partial charge in [0.25, 0.3) is 0 Å². The summed E-state index contributed by atoms with van der Waals surface area (Å²) in [7, 11) is 0. The van der Waals surface area contributed by atoms with Gasteiger partial charge in [-0.25, -0.2) is 4.98 Å². The van der Waals surface area contributed by atoms with Crippen molar-refractivity contribution in [3.8, 4) is 22.3 Å². The van der Waals surface area contributed by atoms with Gasteiger partial charge in [0.2, 0.25) is 0 Å². The van der Waals surface area contributed by atoms with Gasteiger partial charge < -0.3 is 0 Å². The second kappa shape index (κ2) is 9.04. The van der Waals surface area contributed by atoms with Gasteiger partial charge in [0.1, 0.15) is 12.1 Å². The molecule has 0 bridgehead atoms. The predicted molar refractivity (Wildman–Crippen MR) is 156 cm³/mol. The van der Waals surface area contributed by atoms with Gasteiger partial charge in [0, 0.05) is 0 Å². The smallest absolute Gasteiger partial charge is 0.102 e. The van der Waals surface area contributed by atoms with Crippen LogP contribution in [-0.2, 0) is 0 Å². The van der Waals surface area contributed by atoms with E-state index in [9.17, 15) is 0 Å². The zero-order chi connectivity index (χ0) is 25.6. The van der Waals surface area contributed by atoms with Crippen molar-refractivity contribution < 1.29 is 0 Å². The third-order valence-electron chi connectivity index (χ3n) is 7.74. The average molecular weight is 490 g/mol. The lowest BCUT2D eigenvalue weighted by molar-refractivity contribution is 0.896. The highest BCUT2D eigenvalue weighted by molar-refractivity contribution is 6.01. The minimum absolute atomic E-state index is 0.0193. The van der Waals surface area contributed by atoms with Gasteiger partial charge >= 0.3 is 0 Å². The van der Waals surface area contributed by atoms with Gasteiger partial charge in [-0.05, 0) is 70.5 Å². The fourth-order valence-corrected chi connectivity index (χ4v) is 5.89. The van der Waals surface area contributed by atoms with Gasteiger partial charge in [-0.1, -0.05) is 103 Å². The van der Waals surface area contributed by atoms with Crippen molar-refractivity contribution in [3.05, 3.63) is 149 Å². The Morgan fingerprint density at radius 2 is 0.763 bits per heavy atom. The van der Waals surface area contributed by atoms with Crippen LogP contribution in [0.2, 0.25) is 0 Å². The summed E-state index contributed by atoms with van der Waals surface area (Å²) < 4.78 is 0. The van der Waals surface area contributed by atoms with Crippen LogP contribution < -0.4 is 0 Å². The van der Waals surface area contributed by atoms with E-state index >= 15 is 0 Å². The maximum absolute atomic E-state index is 5.21. The molecule has 5 aromatic rings. The Morgan fingerprint density at radius 3 is 1.11 bits per heavy atom. The largest absolute Gasteiger partial charge is 0.275 e. The summed E-state index contributed by atoms with van der Waals surface area (Å²) in [6.07, 6.45) is 0. The topological polar surface area (TPSA) is 37.6 Å². The van der Waals surface area contributed by atoms with Crippen LogP contribution in [0.4, 0.5) is 0 Å². The Morgan fingerprint density at radius 1 is 0.447 bits per heavy atom. The first-order valence-electron chi connectivity index (χ1n) is 13.1. The monoisotopic (exact) mass is 489 g/mol.